The molecule has 2 rings (SSSR count). The Kier molecular flexibility index (Phi) is 7.29. The highest BCUT2D eigenvalue weighted by Gasteiger charge is 2.07. The molecule has 2 aromatic rings. The van der Waals surface area contributed by atoms with E-state index in [1.54, 1.807) is 7.11 Å². The molecule has 25 heavy (non-hydrogen) atoms. The Bertz CT molecular complexity index is 716. The van der Waals surface area contributed by atoms with E-state index in [0.29, 0.717) is 30.2 Å². The lowest BCUT2D eigenvalue weighted by atomic mass is 10.1. The van der Waals surface area contributed by atoms with Crippen LogP contribution in [0, 0.1) is 0 Å². The maximum absolute atomic E-state index is 12.2. The number of amides is 1. The molecular formula is C20H24ClNO3. The average Bonchev–Trinajstić information content (AvgIpc) is 2.58. The maximum atomic E-state index is 12.2. The molecule has 0 atom stereocenters. The minimum Gasteiger partial charge on any atom is -0.495 e. The van der Waals surface area contributed by atoms with Gasteiger partial charge in [0, 0.05) is 12.1 Å². The summed E-state index contributed by atoms with van der Waals surface area (Å²) in [7, 11) is 1.58. The van der Waals surface area contributed by atoms with Crippen molar-refractivity contribution in [3.05, 3.63) is 58.6 Å². The molecule has 0 bridgehead atoms. The molecule has 0 aliphatic carbocycles. The standard InChI is InChI=1S/C20H24ClNO3/c1-14(2)25-13-16-5-4-6-17(11-16)22-20(23)10-8-15-7-9-19(24-3)18(21)12-15/h4-7,9,11-12,14H,8,10,13H2,1-3H3,(H,22,23). The van der Waals surface area contributed by atoms with Gasteiger partial charge in [0.15, 0.2) is 0 Å². The Labute approximate surface area is 154 Å². The fraction of sp³-hybridized carbons (Fsp3) is 0.350. The van der Waals surface area contributed by atoms with Gasteiger partial charge in [-0.3, -0.25) is 4.79 Å². The first-order valence-corrected chi connectivity index (χ1v) is 8.68. The number of halogens is 1. The van der Waals surface area contributed by atoms with Crippen molar-refractivity contribution in [2.24, 2.45) is 0 Å². The molecule has 0 saturated heterocycles. The van der Waals surface area contributed by atoms with Crippen LogP contribution in [0.4, 0.5) is 5.69 Å². The molecular weight excluding hydrogens is 338 g/mol. The average molecular weight is 362 g/mol. The number of ether oxygens (including phenoxy) is 2. The second kappa shape index (κ2) is 9.44. The first-order chi connectivity index (χ1) is 12.0. The number of aryl methyl sites for hydroxylation is 1. The quantitative estimate of drug-likeness (QED) is 0.731. The van der Waals surface area contributed by atoms with E-state index in [9.17, 15) is 4.79 Å². The van der Waals surface area contributed by atoms with Crippen molar-refractivity contribution in [2.75, 3.05) is 12.4 Å². The second-order valence-corrected chi connectivity index (χ2v) is 6.48. The van der Waals surface area contributed by atoms with Gasteiger partial charge in [0.2, 0.25) is 5.91 Å². The molecule has 0 fully saturated rings. The maximum Gasteiger partial charge on any atom is 0.224 e. The molecule has 0 radical (unpaired) electrons. The van der Waals surface area contributed by atoms with Crippen LogP contribution in [-0.2, 0) is 22.6 Å². The molecule has 5 heteroatoms. The highest BCUT2D eigenvalue weighted by atomic mass is 35.5. The molecule has 0 heterocycles. The second-order valence-electron chi connectivity index (χ2n) is 6.08. The Balaban J connectivity index is 1.87. The SMILES string of the molecule is COc1ccc(CCC(=O)Nc2cccc(COC(C)C)c2)cc1Cl. The van der Waals surface area contributed by atoms with Crippen LogP contribution in [0.25, 0.3) is 0 Å². The third kappa shape index (κ3) is 6.40. The zero-order valence-corrected chi connectivity index (χ0v) is 15.6. The lowest BCUT2D eigenvalue weighted by molar-refractivity contribution is -0.116. The summed E-state index contributed by atoms with van der Waals surface area (Å²) in [5.74, 6) is 0.601. The summed E-state index contributed by atoms with van der Waals surface area (Å²) in [5.41, 5.74) is 2.82. The molecule has 4 nitrogen and oxygen atoms in total. The van der Waals surface area contributed by atoms with E-state index >= 15 is 0 Å². The number of benzene rings is 2. The van der Waals surface area contributed by atoms with E-state index in [1.165, 1.54) is 0 Å². The van der Waals surface area contributed by atoms with E-state index in [4.69, 9.17) is 21.1 Å². The van der Waals surface area contributed by atoms with Crippen molar-refractivity contribution in [1.29, 1.82) is 0 Å². The number of methoxy groups -OCH3 is 1. The van der Waals surface area contributed by atoms with Gasteiger partial charge < -0.3 is 14.8 Å². The number of carbonyl (C=O) groups excluding carboxylic acids is 1. The molecule has 134 valence electrons. The van der Waals surface area contributed by atoms with Gasteiger partial charge in [-0.2, -0.15) is 0 Å². The summed E-state index contributed by atoms with van der Waals surface area (Å²) in [6.07, 6.45) is 1.18. The van der Waals surface area contributed by atoms with Gasteiger partial charge in [-0.1, -0.05) is 29.8 Å². The van der Waals surface area contributed by atoms with Gasteiger partial charge in [0.05, 0.1) is 24.8 Å². The third-order valence-electron chi connectivity index (χ3n) is 3.65. The van der Waals surface area contributed by atoms with Crippen molar-refractivity contribution < 1.29 is 14.3 Å². The third-order valence-corrected chi connectivity index (χ3v) is 3.95. The van der Waals surface area contributed by atoms with Crippen LogP contribution in [0.15, 0.2) is 42.5 Å². The molecule has 2 aromatic carbocycles. The zero-order valence-electron chi connectivity index (χ0n) is 14.8. The van der Waals surface area contributed by atoms with Crippen molar-refractivity contribution in [3.63, 3.8) is 0 Å². The monoisotopic (exact) mass is 361 g/mol. The Morgan fingerprint density at radius 3 is 2.64 bits per heavy atom. The summed E-state index contributed by atoms with van der Waals surface area (Å²) in [5, 5.41) is 3.48. The van der Waals surface area contributed by atoms with Crippen molar-refractivity contribution in [3.8, 4) is 5.75 Å². The highest BCUT2D eigenvalue weighted by Crippen LogP contribution is 2.25. The van der Waals surface area contributed by atoms with Crippen LogP contribution in [-0.4, -0.2) is 19.1 Å². The number of nitrogens with one attached hydrogen (secondary N) is 1. The van der Waals surface area contributed by atoms with Crippen LogP contribution >= 0.6 is 11.6 Å². The molecule has 0 aromatic heterocycles. The van der Waals surface area contributed by atoms with E-state index in [-0.39, 0.29) is 12.0 Å². The molecule has 0 aliphatic heterocycles. The summed E-state index contributed by atoms with van der Waals surface area (Å²) in [6.45, 7) is 4.53. The van der Waals surface area contributed by atoms with Gasteiger partial charge >= 0.3 is 0 Å². The topological polar surface area (TPSA) is 47.6 Å². The lowest BCUT2D eigenvalue weighted by Crippen LogP contribution is -2.12. The normalized spacial score (nSPS) is 10.8. The van der Waals surface area contributed by atoms with Crippen molar-refractivity contribution in [2.45, 2.75) is 39.4 Å². The fourth-order valence-corrected chi connectivity index (χ4v) is 2.63. The van der Waals surface area contributed by atoms with Crippen LogP contribution in [0.3, 0.4) is 0 Å². The summed E-state index contributed by atoms with van der Waals surface area (Å²) in [6, 6.07) is 13.3. The Hall–Kier alpha value is -2.04. The predicted octanol–water partition coefficient (Wildman–Crippen LogP) is 4.84. The molecule has 0 aliphatic rings. The zero-order chi connectivity index (χ0) is 18.2. The fourth-order valence-electron chi connectivity index (χ4n) is 2.35. The lowest BCUT2D eigenvalue weighted by Gasteiger charge is -2.10. The summed E-state index contributed by atoms with van der Waals surface area (Å²) < 4.78 is 10.7. The first-order valence-electron chi connectivity index (χ1n) is 8.30. The van der Waals surface area contributed by atoms with Gasteiger partial charge in [-0.15, -0.1) is 0 Å². The van der Waals surface area contributed by atoms with Crippen LogP contribution in [0.5, 0.6) is 5.75 Å². The van der Waals surface area contributed by atoms with Gasteiger partial charge in [0.1, 0.15) is 5.75 Å². The van der Waals surface area contributed by atoms with Crippen LogP contribution in [0.2, 0.25) is 5.02 Å². The molecule has 1 amide bonds. The van der Waals surface area contributed by atoms with Gasteiger partial charge in [-0.05, 0) is 55.7 Å². The summed E-state index contributed by atoms with van der Waals surface area (Å²) in [4.78, 5) is 12.2. The molecule has 1 N–H and O–H groups in total. The highest BCUT2D eigenvalue weighted by molar-refractivity contribution is 6.32. The van der Waals surface area contributed by atoms with Gasteiger partial charge in [-0.25, -0.2) is 0 Å². The number of carbonyl (C=O) groups is 1. The predicted molar refractivity (Wildman–Crippen MR) is 101 cm³/mol. The minimum atomic E-state index is -0.0335. The van der Waals surface area contributed by atoms with E-state index in [1.807, 2.05) is 56.3 Å². The van der Waals surface area contributed by atoms with Gasteiger partial charge in [0.25, 0.3) is 0 Å². The number of hydrogen-bond acceptors (Lipinski definition) is 3. The number of anilines is 1. The Morgan fingerprint density at radius 2 is 1.96 bits per heavy atom. The van der Waals surface area contributed by atoms with E-state index in [0.717, 1.165) is 16.8 Å². The largest absolute Gasteiger partial charge is 0.495 e. The molecule has 0 unspecified atom stereocenters. The van der Waals surface area contributed by atoms with E-state index in [2.05, 4.69) is 5.32 Å². The summed E-state index contributed by atoms with van der Waals surface area (Å²) >= 11 is 6.11. The number of hydrogen-bond donors (Lipinski definition) is 1. The number of rotatable bonds is 8. The Morgan fingerprint density at radius 1 is 1.16 bits per heavy atom. The van der Waals surface area contributed by atoms with Crippen LogP contribution in [0.1, 0.15) is 31.4 Å². The van der Waals surface area contributed by atoms with Crippen LogP contribution < -0.4 is 10.1 Å². The van der Waals surface area contributed by atoms with Crippen molar-refractivity contribution in [1.82, 2.24) is 0 Å². The minimum absolute atomic E-state index is 0.0335. The molecule has 0 spiro atoms. The smallest absolute Gasteiger partial charge is 0.224 e. The van der Waals surface area contributed by atoms with Crippen molar-refractivity contribution >= 4 is 23.2 Å². The first kappa shape index (κ1) is 19.3. The molecule has 0 saturated carbocycles. The van der Waals surface area contributed by atoms with E-state index < -0.39 is 0 Å².